The maximum Gasteiger partial charge on any atom is 0.297 e. The summed E-state index contributed by atoms with van der Waals surface area (Å²) in [6.45, 7) is 3.62. The lowest BCUT2D eigenvalue weighted by Crippen LogP contribution is -2.14. The molecule has 0 N–H and O–H groups in total. The van der Waals surface area contributed by atoms with Crippen molar-refractivity contribution in [3.8, 4) is 0 Å². The summed E-state index contributed by atoms with van der Waals surface area (Å²) in [6, 6.07) is 6.60. The standard InChI is InChI=1S/C10H13IO3S/c1-3-8(2)14-15(12,13)10-6-4-9(11)5-7-10/h4-8H,3H2,1-2H3. The molecule has 0 spiro atoms. The summed E-state index contributed by atoms with van der Waals surface area (Å²) in [7, 11) is -3.59. The summed E-state index contributed by atoms with van der Waals surface area (Å²) in [6.07, 6.45) is 0.387. The predicted octanol–water partition coefficient (Wildman–Crippen LogP) is 2.80. The van der Waals surface area contributed by atoms with Crippen LogP contribution in [0.15, 0.2) is 29.2 Å². The quantitative estimate of drug-likeness (QED) is 0.625. The molecule has 0 bridgehead atoms. The van der Waals surface area contributed by atoms with E-state index in [0.717, 1.165) is 3.57 Å². The van der Waals surface area contributed by atoms with Crippen molar-refractivity contribution < 1.29 is 12.6 Å². The average molecular weight is 340 g/mol. The van der Waals surface area contributed by atoms with Crippen molar-refractivity contribution in [1.82, 2.24) is 0 Å². The zero-order chi connectivity index (χ0) is 11.5. The van der Waals surface area contributed by atoms with Crippen LogP contribution >= 0.6 is 22.6 Å². The second-order valence-electron chi connectivity index (χ2n) is 3.22. The number of hydrogen-bond donors (Lipinski definition) is 0. The van der Waals surface area contributed by atoms with E-state index in [-0.39, 0.29) is 11.0 Å². The van der Waals surface area contributed by atoms with E-state index in [2.05, 4.69) is 22.6 Å². The zero-order valence-corrected chi connectivity index (χ0v) is 11.6. The Labute approximate surface area is 104 Å². The van der Waals surface area contributed by atoms with E-state index in [1.165, 1.54) is 0 Å². The van der Waals surface area contributed by atoms with E-state index in [0.29, 0.717) is 6.42 Å². The third-order valence-corrected chi connectivity index (χ3v) is 4.12. The van der Waals surface area contributed by atoms with Gasteiger partial charge in [-0.05, 0) is 60.2 Å². The largest absolute Gasteiger partial charge is 0.297 e. The molecule has 1 rings (SSSR count). The highest BCUT2D eigenvalue weighted by molar-refractivity contribution is 14.1. The molecule has 1 aromatic rings. The van der Waals surface area contributed by atoms with Gasteiger partial charge in [-0.2, -0.15) is 8.42 Å². The monoisotopic (exact) mass is 340 g/mol. The Morgan fingerprint density at radius 3 is 2.33 bits per heavy atom. The molecule has 0 saturated carbocycles. The molecule has 0 amide bonds. The molecule has 84 valence electrons. The summed E-state index contributed by atoms with van der Waals surface area (Å²) >= 11 is 2.12. The maximum atomic E-state index is 11.7. The molecule has 0 saturated heterocycles. The van der Waals surface area contributed by atoms with Crippen LogP contribution in [0.5, 0.6) is 0 Å². The van der Waals surface area contributed by atoms with E-state index in [9.17, 15) is 8.42 Å². The Morgan fingerprint density at radius 2 is 1.87 bits per heavy atom. The lowest BCUT2D eigenvalue weighted by molar-refractivity contribution is 0.224. The Balaban J connectivity index is 2.91. The molecular formula is C10H13IO3S. The van der Waals surface area contributed by atoms with Gasteiger partial charge < -0.3 is 0 Å². The molecular weight excluding hydrogens is 327 g/mol. The maximum absolute atomic E-state index is 11.7. The number of benzene rings is 1. The normalized spacial score (nSPS) is 13.8. The molecule has 0 aliphatic heterocycles. The molecule has 0 fully saturated rings. The van der Waals surface area contributed by atoms with E-state index >= 15 is 0 Å². The minimum Gasteiger partial charge on any atom is -0.263 e. The molecule has 0 aliphatic carbocycles. The van der Waals surface area contributed by atoms with Crippen LogP contribution in [0.2, 0.25) is 0 Å². The molecule has 1 atom stereocenters. The van der Waals surface area contributed by atoms with Crippen LogP contribution in [0.3, 0.4) is 0 Å². The van der Waals surface area contributed by atoms with Crippen LogP contribution in [0.1, 0.15) is 20.3 Å². The van der Waals surface area contributed by atoms with Crippen LogP contribution < -0.4 is 0 Å². The first-order valence-electron chi connectivity index (χ1n) is 4.64. The zero-order valence-electron chi connectivity index (χ0n) is 8.60. The highest BCUT2D eigenvalue weighted by Gasteiger charge is 2.17. The highest BCUT2D eigenvalue weighted by atomic mass is 127. The van der Waals surface area contributed by atoms with Gasteiger partial charge in [-0.25, -0.2) is 0 Å². The third-order valence-electron chi connectivity index (χ3n) is 1.97. The van der Waals surface area contributed by atoms with E-state index < -0.39 is 10.1 Å². The van der Waals surface area contributed by atoms with Crippen molar-refractivity contribution in [2.75, 3.05) is 0 Å². The number of halogens is 1. The topological polar surface area (TPSA) is 43.4 Å². The number of rotatable bonds is 4. The van der Waals surface area contributed by atoms with E-state index in [4.69, 9.17) is 4.18 Å². The Kier molecular flexibility index (Phi) is 4.54. The van der Waals surface area contributed by atoms with Crippen LogP contribution in [-0.4, -0.2) is 14.5 Å². The van der Waals surface area contributed by atoms with Crippen molar-refractivity contribution in [2.24, 2.45) is 0 Å². The van der Waals surface area contributed by atoms with Gasteiger partial charge in [0.15, 0.2) is 0 Å². The molecule has 0 aliphatic rings. The first kappa shape index (κ1) is 12.9. The van der Waals surface area contributed by atoms with Crippen LogP contribution in [0.25, 0.3) is 0 Å². The van der Waals surface area contributed by atoms with Crippen molar-refractivity contribution >= 4 is 32.7 Å². The molecule has 5 heteroatoms. The van der Waals surface area contributed by atoms with Crippen molar-refractivity contribution in [2.45, 2.75) is 31.3 Å². The second kappa shape index (κ2) is 5.27. The number of hydrogen-bond acceptors (Lipinski definition) is 3. The van der Waals surface area contributed by atoms with E-state index in [1.54, 1.807) is 31.2 Å². The van der Waals surface area contributed by atoms with Gasteiger partial charge in [0.25, 0.3) is 10.1 Å². The molecule has 1 aromatic carbocycles. The van der Waals surface area contributed by atoms with Gasteiger partial charge in [-0.1, -0.05) is 6.92 Å². The molecule has 0 heterocycles. The molecule has 0 aromatic heterocycles. The Morgan fingerprint density at radius 1 is 1.33 bits per heavy atom. The fraction of sp³-hybridized carbons (Fsp3) is 0.400. The van der Waals surface area contributed by atoms with Crippen LogP contribution in [0, 0.1) is 3.57 Å². The molecule has 1 unspecified atom stereocenters. The summed E-state index contributed by atoms with van der Waals surface area (Å²) in [5.74, 6) is 0. The molecule has 15 heavy (non-hydrogen) atoms. The fourth-order valence-corrected chi connectivity index (χ4v) is 2.45. The minimum atomic E-state index is -3.59. The van der Waals surface area contributed by atoms with Crippen molar-refractivity contribution in [3.63, 3.8) is 0 Å². The summed E-state index contributed by atoms with van der Waals surface area (Å²) < 4.78 is 29.4. The van der Waals surface area contributed by atoms with Gasteiger partial charge in [0.2, 0.25) is 0 Å². The second-order valence-corrected chi connectivity index (χ2v) is 6.04. The summed E-state index contributed by atoms with van der Waals surface area (Å²) in [5, 5.41) is 0. The van der Waals surface area contributed by atoms with E-state index in [1.807, 2.05) is 6.92 Å². The van der Waals surface area contributed by atoms with Crippen molar-refractivity contribution in [3.05, 3.63) is 27.8 Å². The third kappa shape index (κ3) is 3.73. The van der Waals surface area contributed by atoms with Gasteiger partial charge in [0.1, 0.15) is 0 Å². The van der Waals surface area contributed by atoms with Crippen molar-refractivity contribution in [1.29, 1.82) is 0 Å². The van der Waals surface area contributed by atoms with Gasteiger partial charge >= 0.3 is 0 Å². The first-order valence-corrected chi connectivity index (χ1v) is 7.13. The van der Waals surface area contributed by atoms with Gasteiger partial charge in [0, 0.05) is 3.57 Å². The Bertz CT molecular complexity index is 411. The summed E-state index contributed by atoms with van der Waals surface area (Å²) in [5.41, 5.74) is 0. The lowest BCUT2D eigenvalue weighted by atomic mass is 10.3. The van der Waals surface area contributed by atoms with Crippen LogP contribution in [-0.2, 0) is 14.3 Å². The minimum absolute atomic E-state index is 0.211. The predicted molar refractivity (Wildman–Crippen MR) is 67.2 cm³/mol. The first-order chi connectivity index (χ1) is 6.95. The smallest absolute Gasteiger partial charge is 0.263 e. The summed E-state index contributed by atoms with van der Waals surface area (Å²) in [4.78, 5) is 0.211. The van der Waals surface area contributed by atoms with Gasteiger partial charge in [0.05, 0.1) is 11.0 Å². The SMILES string of the molecule is CCC(C)OS(=O)(=O)c1ccc(I)cc1. The van der Waals surface area contributed by atoms with Gasteiger partial charge in [-0.3, -0.25) is 4.18 Å². The average Bonchev–Trinajstić information content (AvgIpc) is 2.17. The molecule has 0 radical (unpaired) electrons. The van der Waals surface area contributed by atoms with Crippen LogP contribution in [0.4, 0.5) is 0 Å². The highest BCUT2D eigenvalue weighted by Crippen LogP contribution is 2.16. The Hall–Kier alpha value is -0.140. The van der Waals surface area contributed by atoms with Gasteiger partial charge in [-0.15, -0.1) is 0 Å². The fourth-order valence-electron chi connectivity index (χ4n) is 0.941. The molecule has 3 nitrogen and oxygen atoms in total. The lowest BCUT2D eigenvalue weighted by Gasteiger charge is -2.10.